The van der Waals surface area contributed by atoms with E-state index in [1.165, 1.54) is 27.7 Å². The van der Waals surface area contributed by atoms with Crippen LogP contribution in [-0.4, -0.2) is 9.91 Å². The van der Waals surface area contributed by atoms with Gasteiger partial charge in [0.25, 0.3) is 5.69 Å². The lowest BCUT2D eigenvalue weighted by molar-refractivity contribution is -0.387. The van der Waals surface area contributed by atoms with Crippen molar-refractivity contribution >= 4 is 27.3 Å². The second-order valence-electron chi connectivity index (χ2n) is 3.06. The molecule has 2 aromatic rings. The minimum atomic E-state index is -0.374. The molecule has 17 heavy (non-hydrogen) atoms. The van der Waals surface area contributed by atoms with E-state index in [0.717, 1.165) is 5.03 Å². The zero-order valence-electron chi connectivity index (χ0n) is 8.65. The summed E-state index contributed by atoms with van der Waals surface area (Å²) in [5.41, 5.74) is 0.126. The van der Waals surface area contributed by atoms with Crippen molar-refractivity contribution in [3.05, 3.63) is 58.8 Å². The van der Waals surface area contributed by atoms with Gasteiger partial charge >= 0.3 is 0 Å². The molecule has 0 aliphatic heterocycles. The second-order valence-corrected chi connectivity index (χ2v) is 5.25. The number of pyridine rings is 1. The Morgan fingerprint density at radius 3 is 2.53 bits per heavy atom. The van der Waals surface area contributed by atoms with E-state index < -0.39 is 0 Å². The number of nitro benzene ring substituents is 1. The zero-order chi connectivity index (χ0) is 12.1. The predicted molar refractivity (Wildman–Crippen MR) is 69.0 cm³/mol. The van der Waals surface area contributed by atoms with Crippen molar-refractivity contribution in [2.75, 3.05) is 0 Å². The van der Waals surface area contributed by atoms with Crippen LogP contribution in [0.15, 0.2) is 58.6 Å². The van der Waals surface area contributed by atoms with Crippen molar-refractivity contribution in [3.8, 4) is 0 Å². The van der Waals surface area contributed by atoms with Crippen LogP contribution in [0.5, 0.6) is 0 Å². The minimum Gasteiger partial charge on any atom is -0.258 e. The molecule has 0 aliphatic rings. The third-order valence-electron chi connectivity index (χ3n) is 1.92. The van der Waals surface area contributed by atoms with Crippen molar-refractivity contribution in [3.63, 3.8) is 0 Å². The Labute approximate surface area is 106 Å². The van der Waals surface area contributed by atoms with Crippen molar-refractivity contribution in [2.24, 2.45) is 0 Å². The third kappa shape index (κ3) is 3.21. The Kier molecular flexibility index (Phi) is 4.00. The zero-order valence-corrected chi connectivity index (χ0v) is 10.3. The lowest BCUT2D eigenvalue weighted by Crippen LogP contribution is -1.89. The van der Waals surface area contributed by atoms with Crippen molar-refractivity contribution in [1.82, 2.24) is 4.98 Å². The smallest absolute Gasteiger partial charge is 0.258 e. The summed E-state index contributed by atoms with van der Waals surface area (Å²) in [4.78, 5) is 15.2. The Balaban J connectivity index is 2.12. The van der Waals surface area contributed by atoms with Crippen LogP contribution in [0.2, 0.25) is 0 Å². The molecule has 1 aromatic carbocycles. The van der Waals surface area contributed by atoms with E-state index in [1.54, 1.807) is 24.4 Å². The average molecular weight is 264 g/mol. The summed E-state index contributed by atoms with van der Waals surface area (Å²) in [7, 11) is 2.75. The van der Waals surface area contributed by atoms with Gasteiger partial charge in [0.1, 0.15) is 5.03 Å². The number of hydrogen-bond donors (Lipinski definition) is 0. The first-order valence-corrected chi connectivity index (χ1v) is 6.91. The first kappa shape index (κ1) is 11.9. The number of aromatic nitrogens is 1. The first-order valence-electron chi connectivity index (χ1n) is 4.76. The highest BCUT2D eigenvalue weighted by atomic mass is 33.1. The Hall–Kier alpha value is -1.53. The Morgan fingerprint density at radius 1 is 1.06 bits per heavy atom. The van der Waals surface area contributed by atoms with Gasteiger partial charge in [-0.2, -0.15) is 0 Å². The summed E-state index contributed by atoms with van der Waals surface area (Å²) in [6, 6.07) is 12.3. The Bertz CT molecular complexity index is 520. The summed E-state index contributed by atoms with van der Waals surface area (Å²) in [5, 5.41) is 11.6. The lowest BCUT2D eigenvalue weighted by atomic mass is 10.3. The molecule has 1 aromatic heterocycles. The summed E-state index contributed by atoms with van der Waals surface area (Å²) < 4.78 is 0. The fourth-order valence-corrected chi connectivity index (χ4v) is 3.18. The fourth-order valence-electron chi connectivity index (χ4n) is 1.16. The summed E-state index contributed by atoms with van der Waals surface area (Å²) in [6.07, 6.45) is 1.70. The molecule has 0 amide bonds. The van der Waals surface area contributed by atoms with Gasteiger partial charge in [-0.05, 0) is 39.8 Å². The number of benzene rings is 1. The third-order valence-corrected chi connectivity index (χ3v) is 4.24. The van der Waals surface area contributed by atoms with E-state index in [-0.39, 0.29) is 10.6 Å². The number of rotatable bonds is 4. The standard InChI is InChI=1S/C11H8N2O2S2/c14-13(15)9-5-1-2-6-10(9)16-17-11-7-3-4-8-12-11/h1-8H. The molecule has 2 rings (SSSR count). The van der Waals surface area contributed by atoms with Gasteiger partial charge in [0.2, 0.25) is 0 Å². The molecule has 0 spiro atoms. The van der Waals surface area contributed by atoms with Gasteiger partial charge in [0.15, 0.2) is 0 Å². The maximum atomic E-state index is 10.8. The molecule has 0 bridgehead atoms. The molecule has 86 valence electrons. The average Bonchev–Trinajstić information content (AvgIpc) is 2.38. The molecular formula is C11H8N2O2S2. The quantitative estimate of drug-likeness (QED) is 0.477. The molecule has 0 aliphatic carbocycles. The molecule has 4 nitrogen and oxygen atoms in total. The molecular weight excluding hydrogens is 256 g/mol. The van der Waals surface area contributed by atoms with Gasteiger partial charge in [0, 0.05) is 12.3 Å². The van der Waals surface area contributed by atoms with Crippen LogP contribution in [0, 0.1) is 10.1 Å². The maximum absolute atomic E-state index is 10.8. The van der Waals surface area contributed by atoms with E-state index in [0.29, 0.717) is 4.90 Å². The van der Waals surface area contributed by atoms with Gasteiger partial charge in [-0.3, -0.25) is 10.1 Å². The first-order chi connectivity index (χ1) is 8.27. The number of nitrogens with zero attached hydrogens (tertiary/aromatic N) is 2. The predicted octanol–water partition coefficient (Wildman–Crippen LogP) is 3.79. The normalized spacial score (nSPS) is 10.1. The van der Waals surface area contributed by atoms with Crippen LogP contribution >= 0.6 is 21.6 Å². The summed E-state index contributed by atoms with van der Waals surface area (Å²) in [5.74, 6) is 0. The number of nitro groups is 1. The van der Waals surface area contributed by atoms with Crippen molar-refractivity contribution in [2.45, 2.75) is 9.92 Å². The van der Waals surface area contributed by atoms with E-state index in [2.05, 4.69) is 4.98 Å². The van der Waals surface area contributed by atoms with Crippen LogP contribution in [0.1, 0.15) is 0 Å². The SMILES string of the molecule is O=[N+]([O-])c1ccccc1SSc1ccccn1. The van der Waals surface area contributed by atoms with Crippen LogP contribution < -0.4 is 0 Å². The molecule has 1 heterocycles. The van der Waals surface area contributed by atoms with E-state index >= 15 is 0 Å². The van der Waals surface area contributed by atoms with Crippen LogP contribution in [-0.2, 0) is 0 Å². The molecule has 0 saturated carbocycles. The van der Waals surface area contributed by atoms with Gasteiger partial charge in [-0.1, -0.05) is 18.2 Å². The van der Waals surface area contributed by atoms with Crippen LogP contribution in [0.3, 0.4) is 0 Å². The van der Waals surface area contributed by atoms with Crippen molar-refractivity contribution in [1.29, 1.82) is 0 Å². The highest BCUT2D eigenvalue weighted by molar-refractivity contribution is 8.76. The second kappa shape index (κ2) is 5.70. The molecule has 6 heteroatoms. The molecule has 0 N–H and O–H groups in total. The minimum absolute atomic E-state index is 0.126. The van der Waals surface area contributed by atoms with Gasteiger partial charge in [-0.25, -0.2) is 4.98 Å². The molecule has 0 unspecified atom stereocenters. The molecule has 0 radical (unpaired) electrons. The van der Waals surface area contributed by atoms with Gasteiger partial charge in [0.05, 0.1) is 9.82 Å². The largest absolute Gasteiger partial charge is 0.283 e. The fraction of sp³-hybridized carbons (Fsp3) is 0. The maximum Gasteiger partial charge on any atom is 0.283 e. The topological polar surface area (TPSA) is 56.0 Å². The summed E-state index contributed by atoms with van der Waals surface area (Å²) >= 11 is 0. The molecule has 0 saturated heterocycles. The van der Waals surface area contributed by atoms with Crippen LogP contribution in [0.4, 0.5) is 5.69 Å². The van der Waals surface area contributed by atoms with E-state index in [1.807, 2.05) is 18.2 Å². The highest BCUT2D eigenvalue weighted by Gasteiger charge is 2.13. The van der Waals surface area contributed by atoms with E-state index in [4.69, 9.17) is 0 Å². The Morgan fingerprint density at radius 2 is 1.82 bits per heavy atom. The molecule has 0 atom stereocenters. The lowest BCUT2D eigenvalue weighted by Gasteiger charge is -2.01. The summed E-state index contributed by atoms with van der Waals surface area (Å²) in [6.45, 7) is 0. The van der Waals surface area contributed by atoms with E-state index in [9.17, 15) is 10.1 Å². The van der Waals surface area contributed by atoms with Gasteiger partial charge < -0.3 is 0 Å². The monoisotopic (exact) mass is 264 g/mol. The van der Waals surface area contributed by atoms with Crippen molar-refractivity contribution < 1.29 is 4.92 Å². The highest BCUT2D eigenvalue weighted by Crippen LogP contribution is 2.40. The molecule has 0 fully saturated rings. The van der Waals surface area contributed by atoms with Gasteiger partial charge in [-0.15, -0.1) is 0 Å². The number of hydrogen-bond acceptors (Lipinski definition) is 5. The number of para-hydroxylation sites is 1. The van der Waals surface area contributed by atoms with Crippen LogP contribution in [0.25, 0.3) is 0 Å².